The van der Waals surface area contributed by atoms with Crippen LogP contribution in [0.2, 0.25) is 5.02 Å². The fraction of sp³-hybridized carbons (Fsp3) is 0.350. The Morgan fingerprint density at radius 3 is 2.63 bits per heavy atom. The van der Waals surface area contributed by atoms with Crippen LogP contribution in [-0.4, -0.2) is 38.3 Å². The molecule has 1 aliphatic heterocycles. The smallest absolute Gasteiger partial charge is 0.243 e. The van der Waals surface area contributed by atoms with Gasteiger partial charge in [0.25, 0.3) is 0 Å². The standard InChI is InChI=1S/C20H21ClF2N2O4S/c21-14-3-1-4-15(9-14)29-13-20(11-19(24)26)7-2-8-25(12-20)30(27,28)16-5-6-17(22)18(23)10-16/h1,3-6,9-10H,2,7-8,11-13H2,(H2,24,26)/t20-/m1/s1. The number of hydrogen-bond donors (Lipinski definition) is 1. The van der Waals surface area contributed by atoms with E-state index in [0.29, 0.717) is 29.7 Å². The van der Waals surface area contributed by atoms with Gasteiger partial charge in [-0.15, -0.1) is 0 Å². The van der Waals surface area contributed by atoms with Crippen molar-refractivity contribution in [2.24, 2.45) is 11.1 Å². The number of carbonyl (C=O) groups is 1. The molecule has 2 aromatic rings. The number of piperidine rings is 1. The van der Waals surface area contributed by atoms with Crippen LogP contribution in [0, 0.1) is 17.0 Å². The third-order valence-corrected chi connectivity index (χ3v) is 7.12. The summed E-state index contributed by atoms with van der Waals surface area (Å²) in [6.45, 7) is 0.178. The van der Waals surface area contributed by atoms with Gasteiger partial charge in [0, 0.05) is 29.9 Å². The number of carbonyl (C=O) groups excluding carboxylic acids is 1. The first-order valence-corrected chi connectivity index (χ1v) is 11.1. The van der Waals surface area contributed by atoms with Crippen molar-refractivity contribution >= 4 is 27.5 Å². The number of ether oxygens (including phenoxy) is 1. The average molecular weight is 459 g/mol. The minimum atomic E-state index is -4.10. The lowest BCUT2D eigenvalue weighted by molar-refractivity contribution is -0.121. The molecule has 0 spiro atoms. The van der Waals surface area contributed by atoms with Gasteiger partial charge in [-0.25, -0.2) is 17.2 Å². The Morgan fingerprint density at radius 1 is 1.20 bits per heavy atom. The molecule has 10 heteroatoms. The van der Waals surface area contributed by atoms with Crippen molar-refractivity contribution in [1.29, 1.82) is 0 Å². The summed E-state index contributed by atoms with van der Waals surface area (Å²) in [6.07, 6.45) is 0.882. The van der Waals surface area contributed by atoms with E-state index in [1.165, 1.54) is 0 Å². The summed E-state index contributed by atoms with van der Waals surface area (Å²) in [7, 11) is -4.10. The number of sulfonamides is 1. The zero-order valence-electron chi connectivity index (χ0n) is 16.0. The number of nitrogens with zero attached hydrogens (tertiary/aromatic N) is 1. The minimum absolute atomic E-state index is 0.0417. The van der Waals surface area contributed by atoms with Gasteiger partial charge >= 0.3 is 0 Å². The highest BCUT2D eigenvalue weighted by molar-refractivity contribution is 7.89. The number of hydrogen-bond acceptors (Lipinski definition) is 4. The molecule has 1 aliphatic rings. The number of rotatable bonds is 7. The van der Waals surface area contributed by atoms with Gasteiger partial charge < -0.3 is 10.5 Å². The van der Waals surface area contributed by atoms with Crippen molar-refractivity contribution in [3.63, 3.8) is 0 Å². The van der Waals surface area contributed by atoms with Crippen LogP contribution >= 0.6 is 11.6 Å². The van der Waals surface area contributed by atoms with E-state index in [0.717, 1.165) is 16.4 Å². The number of primary amides is 1. The summed E-state index contributed by atoms with van der Waals surface area (Å²) in [5.74, 6) is -2.49. The van der Waals surface area contributed by atoms with Crippen LogP contribution in [0.1, 0.15) is 19.3 Å². The Kier molecular flexibility index (Phi) is 6.64. The fourth-order valence-electron chi connectivity index (χ4n) is 3.63. The lowest BCUT2D eigenvalue weighted by Gasteiger charge is -2.41. The molecule has 3 rings (SSSR count). The van der Waals surface area contributed by atoms with E-state index in [4.69, 9.17) is 22.1 Å². The highest BCUT2D eigenvalue weighted by Crippen LogP contribution is 2.37. The molecule has 1 amide bonds. The van der Waals surface area contributed by atoms with Gasteiger partial charge in [0.15, 0.2) is 11.6 Å². The normalized spacial score (nSPS) is 20.1. The van der Waals surface area contributed by atoms with Gasteiger partial charge in [0.1, 0.15) is 5.75 Å². The number of benzene rings is 2. The second-order valence-electron chi connectivity index (χ2n) is 7.41. The Balaban J connectivity index is 1.85. The third kappa shape index (κ3) is 5.08. The Hall–Kier alpha value is -2.23. The lowest BCUT2D eigenvalue weighted by atomic mass is 9.78. The minimum Gasteiger partial charge on any atom is -0.493 e. The summed E-state index contributed by atoms with van der Waals surface area (Å²) in [6, 6.07) is 9.13. The molecule has 2 aromatic carbocycles. The van der Waals surface area contributed by atoms with E-state index < -0.39 is 33.0 Å². The van der Waals surface area contributed by atoms with Gasteiger partial charge in [-0.05, 0) is 49.2 Å². The van der Waals surface area contributed by atoms with Gasteiger partial charge in [-0.2, -0.15) is 4.31 Å². The first-order valence-electron chi connectivity index (χ1n) is 9.23. The van der Waals surface area contributed by atoms with Gasteiger partial charge in [0.2, 0.25) is 15.9 Å². The van der Waals surface area contributed by atoms with E-state index in [9.17, 15) is 22.0 Å². The lowest BCUT2D eigenvalue weighted by Crippen LogP contribution is -2.50. The highest BCUT2D eigenvalue weighted by atomic mass is 35.5. The van der Waals surface area contributed by atoms with Gasteiger partial charge in [-0.1, -0.05) is 17.7 Å². The second-order valence-corrected chi connectivity index (χ2v) is 9.78. The predicted molar refractivity (Wildman–Crippen MR) is 108 cm³/mol. The molecule has 1 atom stereocenters. The van der Waals surface area contributed by atoms with Crippen LogP contribution in [0.5, 0.6) is 5.75 Å². The molecular formula is C20H21ClF2N2O4S. The van der Waals surface area contributed by atoms with Crippen LogP contribution in [0.4, 0.5) is 8.78 Å². The van der Waals surface area contributed by atoms with E-state index in [2.05, 4.69) is 0 Å². The Bertz CT molecular complexity index is 1050. The van der Waals surface area contributed by atoms with Crippen molar-refractivity contribution < 1.29 is 26.7 Å². The maximum atomic E-state index is 13.6. The second kappa shape index (κ2) is 8.87. The molecule has 30 heavy (non-hydrogen) atoms. The van der Waals surface area contributed by atoms with E-state index >= 15 is 0 Å². The first-order chi connectivity index (χ1) is 14.1. The summed E-state index contributed by atoms with van der Waals surface area (Å²) < 4.78 is 59.8. The molecule has 1 fully saturated rings. The molecule has 0 radical (unpaired) electrons. The van der Waals surface area contributed by atoms with Crippen molar-refractivity contribution in [3.8, 4) is 5.75 Å². The van der Waals surface area contributed by atoms with Crippen LogP contribution in [0.15, 0.2) is 47.4 Å². The van der Waals surface area contributed by atoms with Crippen molar-refractivity contribution in [2.75, 3.05) is 19.7 Å². The molecule has 0 aromatic heterocycles. The van der Waals surface area contributed by atoms with E-state index in [1.54, 1.807) is 24.3 Å². The van der Waals surface area contributed by atoms with E-state index in [-0.39, 0.29) is 31.0 Å². The number of nitrogens with two attached hydrogens (primary N) is 1. The van der Waals surface area contributed by atoms with Crippen LogP contribution < -0.4 is 10.5 Å². The maximum Gasteiger partial charge on any atom is 0.243 e. The predicted octanol–water partition coefficient (Wildman–Crippen LogP) is 3.34. The molecule has 0 unspecified atom stereocenters. The largest absolute Gasteiger partial charge is 0.493 e. The highest BCUT2D eigenvalue weighted by Gasteiger charge is 2.42. The number of halogens is 3. The monoisotopic (exact) mass is 458 g/mol. The summed E-state index contributed by atoms with van der Waals surface area (Å²) in [4.78, 5) is 11.4. The van der Waals surface area contributed by atoms with Crippen LogP contribution in [-0.2, 0) is 14.8 Å². The Morgan fingerprint density at radius 2 is 1.97 bits per heavy atom. The number of amides is 1. The zero-order chi connectivity index (χ0) is 21.9. The topological polar surface area (TPSA) is 89.7 Å². The summed E-state index contributed by atoms with van der Waals surface area (Å²) in [5, 5.41) is 0.475. The van der Waals surface area contributed by atoms with Crippen LogP contribution in [0.25, 0.3) is 0 Å². The molecule has 6 nitrogen and oxygen atoms in total. The van der Waals surface area contributed by atoms with E-state index in [1.807, 2.05) is 0 Å². The SMILES string of the molecule is NC(=O)C[C@]1(COc2cccc(Cl)c2)CCCN(S(=O)(=O)c2ccc(F)c(F)c2)C1. The van der Waals surface area contributed by atoms with Crippen molar-refractivity contribution in [2.45, 2.75) is 24.2 Å². The van der Waals surface area contributed by atoms with Gasteiger partial charge in [-0.3, -0.25) is 4.79 Å². The zero-order valence-corrected chi connectivity index (χ0v) is 17.6. The average Bonchev–Trinajstić information content (AvgIpc) is 2.68. The molecule has 1 saturated heterocycles. The van der Waals surface area contributed by atoms with Crippen LogP contribution in [0.3, 0.4) is 0 Å². The fourth-order valence-corrected chi connectivity index (χ4v) is 5.41. The Labute approximate surface area is 178 Å². The summed E-state index contributed by atoms with van der Waals surface area (Å²) in [5.41, 5.74) is 4.57. The van der Waals surface area contributed by atoms with Gasteiger partial charge in [0.05, 0.1) is 11.5 Å². The summed E-state index contributed by atoms with van der Waals surface area (Å²) >= 11 is 5.96. The molecule has 0 aliphatic carbocycles. The third-order valence-electron chi connectivity index (χ3n) is 5.05. The molecular weight excluding hydrogens is 438 g/mol. The quantitative estimate of drug-likeness (QED) is 0.689. The molecule has 162 valence electrons. The molecule has 1 heterocycles. The molecule has 0 bridgehead atoms. The van der Waals surface area contributed by atoms with Crippen molar-refractivity contribution in [1.82, 2.24) is 4.31 Å². The maximum absolute atomic E-state index is 13.6. The first kappa shape index (κ1) is 22.5. The van der Waals surface area contributed by atoms with Crippen molar-refractivity contribution in [3.05, 3.63) is 59.1 Å². The molecule has 2 N–H and O–H groups in total. The molecule has 0 saturated carbocycles.